The number of anilines is 1. The van der Waals surface area contributed by atoms with E-state index in [-0.39, 0.29) is 6.54 Å². The summed E-state index contributed by atoms with van der Waals surface area (Å²) in [7, 11) is 0. The first-order valence-electron chi connectivity index (χ1n) is 7.15. The lowest BCUT2D eigenvalue weighted by Gasteiger charge is -2.08. The number of rotatable bonds is 5. The molecule has 0 aliphatic heterocycles. The number of ether oxygens (including phenoxy) is 1. The highest BCUT2D eigenvalue weighted by Crippen LogP contribution is 2.34. The zero-order valence-electron chi connectivity index (χ0n) is 13.2. The van der Waals surface area contributed by atoms with Crippen LogP contribution >= 0.6 is 0 Å². The van der Waals surface area contributed by atoms with E-state index in [1.165, 1.54) is 6.92 Å². The molecule has 140 valence electrons. The first-order valence-corrected chi connectivity index (χ1v) is 7.15. The van der Waals surface area contributed by atoms with Gasteiger partial charge in [-0.1, -0.05) is 6.07 Å². The van der Waals surface area contributed by atoms with Crippen LogP contribution in [-0.2, 0) is 17.5 Å². The zero-order chi connectivity index (χ0) is 19.6. The molecule has 0 saturated heterocycles. The van der Waals surface area contributed by atoms with Gasteiger partial charge >= 0.3 is 12.1 Å². The predicted octanol–water partition coefficient (Wildman–Crippen LogP) is 2.82. The van der Waals surface area contributed by atoms with Crippen LogP contribution in [-0.4, -0.2) is 28.1 Å². The number of Topliss-reactive ketones (excluding diaryl/α,β-unsaturated/α-hetero) is 1. The topological polar surface area (TPSA) is 87.2 Å². The highest BCUT2D eigenvalue weighted by Gasteiger charge is 2.41. The summed E-state index contributed by atoms with van der Waals surface area (Å²) in [5.74, 6) is -5.83. The summed E-state index contributed by atoms with van der Waals surface area (Å²) in [6.07, 6.45) is -5.00. The fourth-order valence-electron chi connectivity index (χ4n) is 2.16. The van der Waals surface area contributed by atoms with Crippen LogP contribution in [0.2, 0.25) is 0 Å². The first kappa shape index (κ1) is 19.3. The second kappa shape index (κ2) is 7.10. The Bertz CT molecular complexity index is 841. The van der Waals surface area contributed by atoms with Crippen molar-refractivity contribution in [1.29, 1.82) is 0 Å². The molecule has 1 aromatic carbocycles. The van der Waals surface area contributed by atoms with Crippen molar-refractivity contribution in [2.75, 3.05) is 12.3 Å². The van der Waals surface area contributed by atoms with E-state index in [0.717, 1.165) is 22.9 Å². The largest absolute Gasteiger partial charge is 0.454 e. The SMILES string of the molecule is CCn1nc(C(F)(F)F)c(C(=O)OCC(=O)c2c(F)cccc2F)c1N. The quantitative estimate of drug-likeness (QED) is 0.492. The molecule has 6 nitrogen and oxygen atoms in total. The van der Waals surface area contributed by atoms with Crippen molar-refractivity contribution in [2.45, 2.75) is 19.6 Å². The van der Waals surface area contributed by atoms with Crippen molar-refractivity contribution in [3.05, 3.63) is 46.7 Å². The van der Waals surface area contributed by atoms with E-state index in [1.54, 1.807) is 0 Å². The summed E-state index contributed by atoms with van der Waals surface area (Å²) >= 11 is 0. The highest BCUT2D eigenvalue weighted by atomic mass is 19.4. The number of hydrogen-bond donors (Lipinski definition) is 1. The highest BCUT2D eigenvalue weighted by molar-refractivity contribution is 6.01. The van der Waals surface area contributed by atoms with Crippen molar-refractivity contribution in [2.24, 2.45) is 0 Å². The zero-order valence-corrected chi connectivity index (χ0v) is 13.2. The van der Waals surface area contributed by atoms with E-state index in [2.05, 4.69) is 9.84 Å². The summed E-state index contributed by atoms with van der Waals surface area (Å²) in [5, 5.41) is 3.19. The fraction of sp³-hybridized carbons (Fsp3) is 0.267. The third-order valence-electron chi connectivity index (χ3n) is 3.34. The lowest BCUT2D eigenvalue weighted by Crippen LogP contribution is -2.20. The lowest BCUT2D eigenvalue weighted by atomic mass is 10.1. The van der Waals surface area contributed by atoms with Crippen LogP contribution in [0.15, 0.2) is 18.2 Å². The number of alkyl halides is 3. The van der Waals surface area contributed by atoms with Gasteiger partial charge in [0.05, 0.1) is 5.56 Å². The lowest BCUT2D eigenvalue weighted by molar-refractivity contribution is -0.142. The number of nitrogen functional groups attached to an aromatic ring is 1. The Morgan fingerprint density at radius 3 is 2.27 bits per heavy atom. The number of nitrogens with two attached hydrogens (primary N) is 1. The normalized spacial score (nSPS) is 11.5. The van der Waals surface area contributed by atoms with Crippen LogP contribution in [0.5, 0.6) is 0 Å². The van der Waals surface area contributed by atoms with Crippen LogP contribution in [0.4, 0.5) is 27.8 Å². The van der Waals surface area contributed by atoms with Crippen molar-refractivity contribution in [3.63, 3.8) is 0 Å². The van der Waals surface area contributed by atoms with Gasteiger partial charge in [-0.2, -0.15) is 18.3 Å². The predicted molar refractivity (Wildman–Crippen MR) is 78.3 cm³/mol. The molecule has 2 rings (SSSR count). The van der Waals surface area contributed by atoms with Gasteiger partial charge in [0, 0.05) is 6.54 Å². The van der Waals surface area contributed by atoms with Gasteiger partial charge in [-0.3, -0.25) is 4.79 Å². The number of aryl methyl sites for hydroxylation is 1. The minimum absolute atomic E-state index is 0.0540. The van der Waals surface area contributed by atoms with Crippen molar-refractivity contribution < 1.29 is 36.3 Å². The van der Waals surface area contributed by atoms with Crippen molar-refractivity contribution >= 4 is 17.6 Å². The smallest absolute Gasteiger partial charge is 0.436 e. The van der Waals surface area contributed by atoms with Crippen LogP contribution in [0.25, 0.3) is 0 Å². The maximum absolute atomic E-state index is 13.5. The monoisotopic (exact) mass is 377 g/mol. The maximum Gasteiger partial charge on any atom is 0.436 e. The van der Waals surface area contributed by atoms with Gasteiger partial charge in [0.2, 0.25) is 5.78 Å². The molecule has 0 aliphatic carbocycles. The molecule has 0 bridgehead atoms. The van der Waals surface area contributed by atoms with Crippen LogP contribution in [0.3, 0.4) is 0 Å². The molecular formula is C15H12F5N3O3. The number of halogens is 5. The van der Waals surface area contributed by atoms with Crippen LogP contribution in [0, 0.1) is 11.6 Å². The molecular weight excluding hydrogens is 365 g/mol. The molecule has 2 N–H and O–H groups in total. The Hall–Kier alpha value is -2.98. The Labute approximate surface area is 143 Å². The number of aromatic nitrogens is 2. The molecule has 2 aromatic rings. The molecule has 0 aliphatic rings. The van der Waals surface area contributed by atoms with Crippen molar-refractivity contribution in [1.82, 2.24) is 9.78 Å². The molecule has 0 radical (unpaired) electrons. The minimum atomic E-state index is -5.00. The Morgan fingerprint density at radius 2 is 1.77 bits per heavy atom. The number of hydrogen-bond acceptors (Lipinski definition) is 5. The molecule has 0 amide bonds. The number of benzene rings is 1. The van der Waals surface area contributed by atoms with E-state index < -0.39 is 58.8 Å². The second-order valence-electron chi connectivity index (χ2n) is 5.02. The van der Waals surface area contributed by atoms with Gasteiger partial charge < -0.3 is 10.5 Å². The molecule has 1 aromatic heterocycles. The Morgan fingerprint density at radius 1 is 1.19 bits per heavy atom. The van der Waals surface area contributed by atoms with Gasteiger partial charge in [0.25, 0.3) is 0 Å². The van der Waals surface area contributed by atoms with Gasteiger partial charge in [-0.15, -0.1) is 0 Å². The van der Waals surface area contributed by atoms with Crippen molar-refractivity contribution in [3.8, 4) is 0 Å². The summed E-state index contributed by atoms with van der Waals surface area (Å²) in [6.45, 7) is 0.218. The third-order valence-corrected chi connectivity index (χ3v) is 3.34. The first-order chi connectivity index (χ1) is 12.1. The van der Waals surface area contributed by atoms with E-state index in [1.807, 2.05) is 0 Å². The van der Waals surface area contributed by atoms with E-state index >= 15 is 0 Å². The number of carbonyl (C=O) groups is 2. The molecule has 0 spiro atoms. The number of nitrogens with zero attached hydrogens (tertiary/aromatic N) is 2. The molecule has 0 atom stereocenters. The standard InChI is InChI=1S/C15H12F5N3O3/c1-2-23-13(21)11(12(22-23)15(18,19)20)14(25)26-6-9(24)10-7(16)4-3-5-8(10)17/h3-5H,2,6,21H2,1H3. The fourth-order valence-corrected chi connectivity index (χ4v) is 2.16. The minimum Gasteiger partial charge on any atom is -0.454 e. The Kier molecular flexibility index (Phi) is 5.28. The number of carbonyl (C=O) groups excluding carboxylic acids is 2. The van der Waals surface area contributed by atoms with Crippen LogP contribution < -0.4 is 5.73 Å². The van der Waals surface area contributed by atoms with E-state index in [9.17, 15) is 31.5 Å². The molecule has 0 fully saturated rings. The molecule has 1 heterocycles. The Balaban J connectivity index is 2.26. The molecule has 26 heavy (non-hydrogen) atoms. The van der Waals surface area contributed by atoms with Crippen LogP contribution in [0.1, 0.15) is 33.3 Å². The second-order valence-corrected chi connectivity index (χ2v) is 5.02. The van der Waals surface area contributed by atoms with Gasteiger partial charge in [0.1, 0.15) is 23.0 Å². The molecule has 0 unspecified atom stereocenters. The van der Waals surface area contributed by atoms with Gasteiger partial charge in [0.15, 0.2) is 12.3 Å². The summed E-state index contributed by atoms with van der Waals surface area (Å²) in [4.78, 5) is 23.8. The number of esters is 1. The maximum atomic E-state index is 13.5. The summed E-state index contributed by atoms with van der Waals surface area (Å²) in [5.41, 5.74) is 1.86. The average molecular weight is 377 g/mol. The average Bonchev–Trinajstić information content (AvgIpc) is 2.89. The molecule has 11 heteroatoms. The summed E-state index contributed by atoms with van der Waals surface area (Å²) < 4.78 is 71.2. The summed E-state index contributed by atoms with van der Waals surface area (Å²) in [6, 6.07) is 2.63. The molecule has 0 saturated carbocycles. The van der Waals surface area contributed by atoms with Gasteiger partial charge in [-0.25, -0.2) is 18.3 Å². The third kappa shape index (κ3) is 3.65. The van der Waals surface area contributed by atoms with Gasteiger partial charge in [-0.05, 0) is 19.1 Å². The van der Waals surface area contributed by atoms with E-state index in [4.69, 9.17) is 5.73 Å². The number of ketones is 1. The van der Waals surface area contributed by atoms with E-state index in [0.29, 0.717) is 0 Å².